The van der Waals surface area contributed by atoms with Gasteiger partial charge in [0.1, 0.15) is 0 Å². The van der Waals surface area contributed by atoms with Crippen molar-refractivity contribution in [1.29, 1.82) is 0 Å². The van der Waals surface area contributed by atoms with Crippen LogP contribution in [-0.4, -0.2) is 15.8 Å². The molecule has 0 aliphatic carbocycles. The number of ketones is 1. The monoisotopic (exact) mass is 316 g/mol. The maximum atomic E-state index is 11.9. The fourth-order valence-corrected chi connectivity index (χ4v) is 2.72. The van der Waals surface area contributed by atoms with E-state index >= 15 is 0 Å². The third-order valence-electron chi connectivity index (χ3n) is 3.93. The molecule has 0 bridgehead atoms. The van der Waals surface area contributed by atoms with E-state index < -0.39 is 0 Å². The van der Waals surface area contributed by atoms with Gasteiger partial charge in [0.05, 0.1) is 11.4 Å². The van der Waals surface area contributed by atoms with E-state index in [0.717, 1.165) is 34.5 Å². The summed E-state index contributed by atoms with van der Waals surface area (Å²) in [6.07, 6.45) is 5.06. The van der Waals surface area contributed by atoms with Crippen molar-refractivity contribution >= 4 is 5.78 Å². The predicted octanol–water partition coefficient (Wildman–Crippen LogP) is 4.17. The van der Waals surface area contributed by atoms with Gasteiger partial charge in [-0.1, -0.05) is 36.4 Å². The molecule has 0 spiro atoms. The van der Waals surface area contributed by atoms with Gasteiger partial charge in [-0.3, -0.25) is 14.8 Å². The van der Waals surface area contributed by atoms with Gasteiger partial charge in [0.2, 0.25) is 0 Å². The van der Waals surface area contributed by atoms with Gasteiger partial charge in [-0.15, -0.1) is 0 Å². The number of hydrogen-bond acceptors (Lipinski definition) is 3. The molecule has 0 aliphatic heterocycles. The molecule has 24 heavy (non-hydrogen) atoms. The maximum absolute atomic E-state index is 11.9. The summed E-state index contributed by atoms with van der Waals surface area (Å²) in [5, 5.41) is 0. The molecule has 1 aromatic heterocycles. The van der Waals surface area contributed by atoms with Crippen molar-refractivity contribution in [2.45, 2.75) is 26.7 Å². The van der Waals surface area contributed by atoms with Crippen LogP contribution in [-0.2, 0) is 12.8 Å². The summed E-state index contributed by atoms with van der Waals surface area (Å²) in [6.45, 7) is 3.53. The highest BCUT2D eigenvalue weighted by Gasteiger charge is 2.07. The van der Waals surface area contributed by atoms with Crippen LogP contribution in [0.3, 0.4) is 0 Å². The highest BCUT2D eigenvalue weighted by atomic mass is 16.1. The van der Waals surface area contributed by atoms with Gasteiger partial charge in [0.25, 0.3) is 0 Å². The van der Waals surface area contributed by atoms with E-state index in [0.29, 0.717) is 6.42 Å². The van der Waals surface area contributed by atoms with Crippen LogP contribution < -0.4 is 0 Å². The summed E-state index contributed by atoms with van der Waals surface area (Å²) in [4.78, 5) is 20.6. The van der Waals surface area contributed by atoms with Crippen LogP contribution in [0.25, 0.3) is 0 Å². The Hall–Kier alpha value is -2.81. The number of rotatable bonds is 5. The quantitative estimate of drug-likeness (QED) is 0.664. The molecule has 0 atom stereocenters. The van der Waals surface area contributed by atoms with E-state index in [1.54, 1.807) is 19.3 Å². The number of carbonyl (C=O) groups is 1. The smallest absolute Gasteiger partial charge is 0.159 e. The third kappa shape index (κ3) is 4.13. The summed E-state index contributed by atoms with van der Waals surface area (Å²) in [7, 11) is 0. The lowest BCUT2D eigenvalue weighted by atomic mass is 9.96. The first-order valence-electron chi connectivity index (χ1n) is 8.05. The lowest BCUT2D eigenvalue weighted by Crippen LogP contribution is -2.01. The van der Waals surface area contributed by atoms with Crippen molar-refractivity contribution in [3.05, 3.63) is 94.6 Å². The van der Waals surface area contributed by atoms with Crippen molar-refractivity contribution < 1.29 is 4.79 Å². The normalized spacial score (nSPS) is 10.6. The highest BCUT2D eigenvalue weighted by molar-refractivity contribution is 5.94. The Morgan fingerprint density at radius 2 is 1.58 bits per heavy atom. The first-order chi connectivity index (χ1) is 11.6. The number of Topliss-reactive ketones (excluding diaryl/α,β-unsaturated/α-hetero) is 1. The number of aryl methyl sites for hydroxylation is 1. The Kier molecular flexibility index (Phi) is 4.80. The van der Waals surface area contributed by atoms with Gasteiger partial charge in [0.15, 0.2) is 5.78 Å². The number of carbonyl (C=O) groups excluding carboxylic acids is 1. The summed E-state index contributed by atoms with van der Waals surface area (Å²) in [5.74, 6) is 0.0844. The number of benzene rings is 2. The Balaban J connectivity index is 1.90. The van der Waals surface area contributed by atoms with Crippen LogP contribution in [0.4, 0.5) is 0 Å². The summed E-state index contributed by atoms with van der Waals surface area (Å²) in [5.41, 5.74) is 6.03. The summed E-state index contributed by atoms with van der Waals surface area (Å²) >= 11 is 0. The van der Waals surface area contributed by atoms with Crippen molar-refractivity contribution in [1.82, 2.24) is 9.97 Å². The molecule has 0 fully saturated rings. The minimum Gasteiger partial charge on any atom is -0.295 e. The zero-order valence-corrected chi connectivity index (χ0v) is 14.0. The zero-order valence-electron chi connectivity index (χ0n) is 14.0. The minimum absolute atomic E-state index is 0.0844. The van der Waals surface area contributed by atoms with E-state index in [9.17, 15) is 4.79 Å². The molecule has 0 saturated heterocycles. The molecule has 3 nitrogen and oxygen atoms in total. The fraction of sp³-hybridized carbons (Fsp3) is 0.190. The van der Waals surface area contributed by atoms with Gasteiger partial charge < -0.3 is 0 Å². The first kappa shape index (κ1) is 16.1. The van der Waals surface area contributed by atoms with Gasteiger partial charge >= 0.3 is 0 Å². The summed E-state index contributed by atoms with van der Waals surface area (Å²) in [6, 6.07) is 16.4. The minimum atomic E-state index is 0.0844. The average Bonchev–Trinajstić information content (AvgIpc) is 2.58. The Morgan fingerprint density at radius 3 is 2.21 bits per heavy atom. The second kappa shape index (κ2) is 7.18. The second-order valence-electron chi connectivity index (χ2n) is 6.08. The molecular formula is C21H20N2O. The first-order valence-corrected chi connectivity index (χ1v) is 8.05. The molecule has 3 rings (SSSR count). The zero-order chi connectivity index (χ0) is 16.9. The van der Waals surface area contributed by atoms with Gasteiger partial charge in [-0.05, 0) is 49.1 Å². The number of hydrogen-bond donors (Lipinski definition) is 0. The maximum Gasteiger partial charge on any atom is 0.159 e. The lowest BCUT2D eigenvalue weighted by molar-refractivity contribution is 0.101. The van der Waals surface area contributed by atoms with E-state index in [2.05, 4.69) is 28.2 Å². The van der Waals surface area contributed by atoms with Crippen molar-refractivity contribution in [2.75, 3.05) is 0 Å². The van der Waals surface area contributed by atoms with E-state index in [-0.39, 0.29) is 5.78 Å². The molecule has 0 N–H and O–H groups in total. The average molecular weight is 316 g/mol. The fourth-order valence-electron chi connectivity index (χ4n) is 2.72. The SMILES string of the molecule is CC(=O)c1cc(Cc2ccccc2)cc(Cc2cnc(C)cn2)c1. The predicted molar refractivity (Wildman–Crippen MR) is 95.3 cm³/mol. The van der Waals surface area contributed by atoms with Crippen LogP contribution in [0, 0.1) is 6.92 Å². The van der Waals surface area contributed by atoms with Crippen LogP contribution in [0.15, 0.2) is 60.9 Å². The molecule has 3 heteroatoms. The van der Waals surface area contributed by atoms with Gasteiger partial charge in [-0.25, -0.2) is 0 Å². The largest absolute Gasteiger partial charge is 0.295 e. The molecule has 0 aliphatic rings. The number of nitrogens with zero attached hydrogens (tertiary/aromatic N) is 2. The van der Waals surface area contributed by atoms with Crippen LogP contribution >= 0.6 is 0 Å². The number of aromatic nitrogens is 2. The van der Waals surface area contributed by atoms with Crippen LogP contribution in [0.2, 0.25) is 0 Å². The lowest BCUT2D eigenvalue weighted by Gasteiger charge is -2.09. The Labute approximate surface area is 142 Å². The second-order valence-corrected chi connectivity index (χ2v) is 6.08. The van der Waals surface area contributed by atoms with Gasteiger partial charge in [0, 0.05) is 24.4 Å². The van der Waals surface area contributed by atoms with Crippen LogP contribution in [0.1, 0.15) is 45.4 Å². The van der Waals surface area contributed by atoms with Gasteiger partial charge in [-0.2, -0.15) is 0 Å². The molecule has 0 radical (unpaired) electrons. The molecule has 0 amide bonds. The molecular weight excluding hydrogens is 296 g/mol. The van der Waals surface area contributed by atoms with Crippen molar-refractivity contribution in [3.8, 4) is 0 Å². The highest BCUT2D eigenvalue weighted by Crippen LogP contribution is 2.17. The molecule has 1 heterocycles. The van der Waals surface area contributed by atoms with Crippen molar-refractivity contribution in [3.63, 3.8) is 0 Å². The molecule has 3 aromatic rings. The van der Waals surface area contributed by atoms with Crippen molar-refractivity contribution in [2.24, 2.45) is 0 Å². The summed E-state index contributed by atoms with van der Waals surface area (Å²) < 4.78 is 0. The van der Waals surface area contributed by atoms with E-state index in [1.807, 2.05) is 37.3 Å². The van der Waals surface area contributed by atoms with E-state index in [1.165, 1.54) is 5.56 Å². The Morgan fingerprint density at radius 1 is 0.875 bits per heavy atom. The third-order valence-corrected chi connectivity index (χ3v) is 3.93. The topological polar surface area (TPSA) is 42.9 Å². The molecule has 120 valence electrons. The molecule has 0 saturated carbocycles. The standard InChI is InChI=1S/C21H20N2O/c1-15-13-23-21(14-22-15)12-19-9-18(10-20(11-19)16(2)24)8-17-6-4-3-5-7-17/h3-7,9-11,13-14H,8,12H2,1-2H3. The molecule has 2 aromatic carbocycles. The Bertz CT molecular complexity index is 839. The molecule has 0 unspecified atom stereocenters. The van der Waals surface area contributed by atoms with E-state index in [4.69, 9.17) is 0 Å². The van der Waals surface area contributed by atoms with Crippen LogP contribution in [0.5, 0.6) is 0 Å².